The van der Waals surface area contributed by atoms with Crippen LogP contribution in [-0.4, -0.2) is 31.5 Å². The minimum atomic E-state index is -0.698. The Kier molecular flexibility index (Phi) is 4.35. The minimum Gasteiger partial charge on any atom is -0.496 e. The molecule has 124 valence electrons. The van der Waals surface area contributed by atoms with E-state index in [0.717, 1.165) is 10.8 Å². The van der Waals surface area contributed by atoms with Gasteiger partial charge in [-0.2, -0.15) is 0 Å². The first-order chi connectivity index (χ1) is 11.5. The number of fused-ring (bicyclic) bond motifs is 1. The highest BCUT2D eigenvalue weighted by Gasteiger charge is 2.28. The molecule has 0 atom stereocenters. The number of methoxy groups -OCH3 is 2. The van der Waals surface area contributed by atoms with Gasteiger partial charge in [-0.1, -0.05) is 24.3 Å². The van der Waals surface area contributed by atoms with E-state index < -0.39 is 17.3 Å². The average Bonchev–Trinajstić information content (AvgIpc) is 2.57. The van der Waals surface area contributed by atoms with Crippen molar-refractivity contribution in [3.05, 3.63) is 41.5 Å². The Balaban J connectivity index is 2.24. The fourth-order valence-electron chi connectivity index (χ4n) is 2.65. The molecule has 2 N–H and O–H groups in total. The summed E-state index contributed by atoms with van der Waals surface area (Å²) in [6.45, 7) is 0. The molecule has 2 aromatic rings. The van der Waals surface area contributed by atoms with Crippen LogP contribution in [0, 0.1) is 0 Å². The first-order valence-electron chi connectivity index (χ1n) is 7.20. The maximum Gasteiger partial charge on any atom is 0.259 e. The molecule has 1 aliphatic heterocycles. The molecule has 0 aromatic heterocycles. The number of benzene rings is 2. The van der Waals surface area contributed by atoms with E-state index >= 15 is 0 Å². The Morgan fingerprint density at radius 3 is 2.17 bits per heavy atom. The van der Waals surface area contributed by atoms with E-state index in [2.05, 4.69) is 23.3 Å². The van der Waals surface area contributed by atoms with E-state index in [-0.39, 0.29) is 5.57 Å². The Labute approximate surface area is 144 Å². The van der Waals surface area contributed by atoms with Crippen molar-refractivity contribution in [1.29, 1.82) is 0 Å². The topological polar surface area (TPSA) is 76.7 Å². The maximum absolute atomic E-state index is 12.1. The van der Waals surface area contributed by atoms with Gasteiger partial charge in [0, 0.05) is 17.0 Å². The lowest BCUT2D eigenvalue weighted by Gasteiger charge is -2.22. The third-order valence-corrected chi connectivity index (χ3v) is 4.02. The van der Waals surface area contributed by atoms with E-state index in [1.165, 1.54) is 13.2 Å². The van der Waals surface area contributed by atoms with Gasteiger partial charge in [0.15, 0.2) is 0 Å². The molecular weight excluding hydrogens is 328 g/mol. The van der Waals surface area contributed by atoms with Crippen molar-refractivity contribution in [2.45, 2.75) is 5.50 Å². The molecule has 7 heteroatoms. The first kappa shape index (κ1) is 16.2. The van der Waals surface area contributed by atoms with Crippen LogP contribution in [-0.2, 0) is 9.59 Å². The van der Waals surface area contributed by atoms with Gasteiger partial charge in [-0.25, -0.2) is 0 Å². The molecule has 1 saturated heterocycles. The molecule has 1 aliphatic rings. The summed E-state index contributed by atoms with van der Waals surface area (Å²) in [7, 11) is 3.10. The molecule has 1 fully saturated rings. The Hall–Kier alpha value is -2.67. The van der Waals surface area contributed by atoms with Gasteiger partial charge in [-0.05, 0) is 11.5 Å². The van der Waals surface area contributed by atoms with Gasteiger partial charge in [0.05, 0.1) is 14.2 Å². The molecule has 0 unspecified atom stereocenters. The Bertz CT molecular complexity index is 843. The number of hydrogen-bond donors (Lipinski definition) is 3. The summed E-state index contributed by atoms with van der Waals surface area (Å²) in [4.78, 5) is 24.2. The number of carbonyl (C=O) groups is 2. The third kappa shape index (κ3) is 2.78. The van der Waals surface area contributed by atoms with Gasteiger partial charge < -0.3 is 20.1 Å². The van der Waals surface area contributed by atoms with Crippen molar-refractivity contribution >= 4 is 41.3 Å². The molecule has 0 radical (unpaired) electrons. The van der Waals surface area contributed by atoms with Crippen LogP contribution in [0.3, 0.4) is 0 Å². The minimum absolute atomic E-state index is 0.00563. The number of carbonyl (C=O) groups excluding carboxylic acids is 2. The zero-order valence-corrected chi connectivity index (χ0v) is 14.0. The number of amides is 2. The fourth-order valence-corrected chi connectivity index (χ4v) is 2.88. The van der Waals surface area contributed by atoms with Gasteiger partial charge in [0.25, 0.3) is 11.8 Å². The summed E-state index contributed by atoms with van der Waals surface area (Å²) in [5.74, 6) is 0.186. The molecule has 0 aliphatic carbocycles. The SMILES string of the molecule is COc1cc(OC)c2ccccc2c1C=C1C(=O)NC(S)NC1=O. The molecule has 3 rings (SSSR count). The quantitative estimate of drug-likeness (QED) is 0.450. The van der Waals surface area contributed by atoms with E-state index in [0.29, 0.717) is 17.1 Å². The van der Waals surface area contributed by atoms with Crippen LogP contribution >= 0.6 is 12.6 Å². The predicted octanol–water partition coefficient (Wildman–Crippen LogP) is 1.70. The van der Waals surface area contributed by atoms with Crippen LogP contribution in [0.5, 0.6) is 11.5 Å². The lowest BCUT2D eigenvalue weighted by Crippen LogP contribution is -2.52. The van der Waals surface area contributed by atoms with Gasteiger partial charge >= 0.3 is 0 Å². The summed E-state index contributed by atoms with van der Waals surface area (Å²) < 4.78 is 10.8. The standard InChI is InChI=1S/C17H16N2O4S/c1-22-13-8-14(23-2)11(9-5-3-4-6-10(9)13)7-12-15(20)18-17(24)19-16(12)21/h3-8,17,24H,1-2H3,(H,18,20)(H,19,21). The second-order valence-corrected chi connectivity index (χ2v) is 5.66. The number of nitrogens with one attached hydrogen (secondary N) is 2. The number of rotatable bonds is 3. The van der Waals surface area contributed by atoms with Gasteiger partial charge in [-0.15, -0.1) is 12.6 Å². The lowest BCUT2D eigenvalue weighted by atomic mass is 9.99. The zero-order chi connectivity index (χ0) is 17.3. The maximum atomic E-state index is 12.1. The molecule has 0 spiro atoms. The van der Waals surface area contributed by atoms with Crippen LogP contribution in [0.4, 0.5) is 0 Å². The molecule has 2 amide bonds. The second kappa shape index (κ2) is 6.45. The summed E-state index contributed by atoms with van der Waals surface area (Å²) in [5.41, 5.74) is -0.0719. The molecular formula is C17H16N2O4S. The van der Waals surface area contributed by atoms with E-state index in [9.17, 15) is 9.59 Å². The van der Waals surface area contributed by atoms with Crippen LogP contribution in [0.1, 0.15) is 5.56 Å². The van der Waals surface area contributed by atoms with Crippen LogP contribution < -0.4 is 20.1 Å². The number of thiol groups is 1. The van der Waals surface area contributed by atoms with Crippen molar-refractivity contribution < 1.29 is 19.1 Å². The normalized spacial score (nSPS) is 17.3. The molecule has 6 nitrogen and oxygen atoms in total. The molecule has 0 saturated carbocycles. The summed E-state index contributed by atoms with van der Waals surface area (Å²) in [6.07, 6.45) is 1.52. The number of hydrogen-bond acceptors (Lipinski definition) is 5. The van der Waals surface area contributed by atoms with Crippen molar-refractivity contribution in [2.24, 2.45) is 0 Å². The largest absolute Gasteiger partial charge is 0.496 e. The van der Waals surface area contributed by atoms with E-state index in [4.69, 9.17) is 9.47 Å². The van der Waals surface area contributed by atoms with Crippen molar-refractivity contribution in [3.63, 3.8) is 0 Å². The fraction of sp³-hybridized carbons (Fsp3) is 0.176. The van der Waals surface area contributed by atoms with Crippen molar-refractivity contribution in [1.82, 2.24) is 10.6 Å². The Morgan fingerprint density at radius 1 is 1.00 bits per heavy atom. The van der Waals surface area contributed by atoms with Gasteiger partial charge in [0.2, 0.25) is 0 Å². The third-order valence-electron chi connectivity index (χ3n) is 3.76. The highest BCUT2D eigenvalue weighted by atomic mass is 32.1. The second-order valence-electron chi connectivity index (χ2n) is 5.15. The average molecular weight is 344 g/mol. The number of ether oxygens (including phenoxy) is 2. The highest BCUT2D eigenvalue weighted by molar-refractivity contribution is 7.80. The first-order valence-corrected chi connectivity index (χ1v) is 7.72. The monoisotopic (exact) mass is 344 g/mol. The van der Waals surface area contributed by atoms with Gasteiger partial charge in [-0.3, -0.25) is 9.59 Å². The summed E-state index contributed by atoms with van der Waals surface area (Å²) in [6, 6.07) is 9.27. The lowest BCUT2D eigenvalue weighted by molar-refractivity contribution is -0.126. The zero-order valence-electron chi connectivity index (χ0n) is 13.1. The van der Waals surface area contributed by atoms with Crippen molar-refractivity contribution in [3.8, 4) is 11.5 Å². The summed E-state index contributed by atoms with van der Waals surface area (Å²) in [5, 5.41) is 6.77. The van der Waals surface area contributed by atoms with Crippen LogP contribution in [0.25, 0.3) is 16.8 Å². The smallest absolute Gasteiger partial charge is 0.259 e. The Morgan fingerprint density at radius 2 is 1.58 bits per heavy atom. The highest BCUT2D eigenvalue weighted by Crippen LogP contribution is 2.37. The molecule has 0 bridgehead atoms. The van der Waals surface area contributed by atoms with Gasteiger partial charge in [0.1, 0.15) is 22.6 Å². The van der Waals surface area contributed by atoms with E-state index in [1.807, 2.05) is 24.3 Å². The molecule has 1 heterocycles. The van der Waals surface area contributed by atoms with Crippen LogP contribution in [0.2, 0.25) is 0 Å². The summed E-state index contributed by atoms with van der Waals surface area (Å²) >= 11 is 4.04. The predicted molar refractivity (Wildman–Crippen MR) is 94.1 cm³/mol. The van der Waals surface area contributed by atoms with Crippen molar-refractivity contribution in [2.75, 3.05) is 14.2 Å². The molecule has 2 aromatic carbocycles. The van der Waals surface area contributed by atoms with E-state index in [1.54, 1.807) is 13.2 Å². The van der Waals surface area contributed by atoms with Crippen LogP contribution in [0.15, 0.2) is 35.9 Å². The molecule has 24 heavy (non-hydrogen) atoms.